The second kappa shape index (κ2) is 6.54. The van der Waals surface area contributed by atoms with Crippen LogP contribution in [-0.4, -0.2) is 45.9 Å². The van der Waals surface area contributed by atoms with E-state index in [1.54, 1.807) is 12.4 Å². The van der Waals surface area contributed by atoms with Crippen molar-refractivity contribution in [3.63, 3.8) is 0 Å². The molecule has 2 atom stereocenters. The van der Waals surface area contributed by atoms with Crippen LogP contribution in [0, 0.1) is 0 Å². The van der Waals surface area contributed by atoms with Gasteiger partial charge in [-0.15, -0.1) is 0 Å². The SMILES string of the molecule is C[C@@H]1CN(c2ccc(C(C)(C)C)cc2)C[C@H](C)N1C(=O)c1ncc[nH]1. The number of imidazole rings is 1. The lowest BCUT2D eigenvalue weighted by atomic mass is 9.87. The second-order valence-electron chi connectivity index (χ2n) is 8.05. The molecule has 3 rings (SSSR count). The van der Waals surface area contributed by atoms with Gasteiger partial charge in [-0.25, -0.2) is 4.98 Å². The van der Waals surface area contributed by atoms with Gasteiger partial charge < -0.3 is 14.8 Å². The highest BCUT2D eigenvalue weighted by atomic mass is 16.2. The quantitative estimate of drug-likeness (QED) is 0.911. The summed E-state index contributed by atoms with van der Waals surface area (Å²) in [6, 6.07) is 9.08. The van der Waals surface area contributed by atoms with E-state index in [9.17, 15) is 4.79 Å². The number of benzene rings is 1. The van der Waals surface area contributed by atoms with Crippen LogP contribution in [0.15, 0.2) is 36.7 Å². The number of carbonyl (C=O) groups is 1. The predicted octanol–water partition coefficient (Wildman–Crippen LogP) is 3.45. The molecule has 2 aromatic rings. The van der Waals surface area contributed by atoms with Crippen molar-refractivity contribution in [3.8, 4) is 0 Å². The molecule has 25 heavy (non-hydrogen) atoms. The lowest BCUT2D eigenvalue weighted by Crippen LogP contribution is -2.59. The largest absolute Gasteiger partial charge is 0.367 e. The summed E-state index contributed by atoms with van der Waals surface area (Å²) < 4.78 is 0. The average molecular weight is 340 g/mol. The molecule has 1 amide bonds. The summed E-state index contributed by atoms with van der Waals surface area (Å²) in [5.74, 6) is 0.398. The van der Waals surface area contributed by atoms with Crippen LogP contribution in [0.5, 0.6) is 0 Å². The number of nitrogens with zero attached hydrogens (tertiary/aromatic N) is 3. The van der Waals surface area contributed by atoms with E-state index in [4.69, 9.17) is 0 Å². The Balaban J connectivity index is 1.74. The minimum atomic E-state index is -0.0206. The molecule has 1 aliphatic heterocycles. The second-order valence-corrected chi connectivity index (χ2v) is 8.05. The third-order valence-corrected chi connectivity index (χ3v) is 4.95. The summed E-state index contributed by atoms with van der Waals surface area (Å²) in [6.45, 7) is 12.5. The number of H-pyrrole nitrogens is 1. The number of nitrogens with one attached hydrogen (secondary N) is 1. The maximum atomic E-state index is 12.7. The zero-order valence-corrected chi connectivity index (χ0v) is 15.8. The van der Waals surface area contributed by atoms with Crippen LogP contribution >= 0.6 is 0 Å². The highest BCUT2D eigenvalue weighted by molar-refractivity contribution is 5.91. The third-order valence-electron chi connectivity index (χ3n) is 4.95. The number of rotatable bonds is 2. The van der Waals surface area contributed by atoms with Gasteiger partial charge in [0.05, 0.1) is 0 Å². The molecule has 1 aliphatic rings. The Kier molecular flexibility index (Phi) is 4.58. The molecule has 134 valence electrons. The van der Waals surface area contributed by atoms with Crippen molar-refractivity contribution in [1.29, 1.82) is 0 Å². The van der Waals surface area contributed by atoms with Crippen LogP contribution in [-0.2, 0) is 5.41 Å². The van der Waals surface area contributed by atoms with E-state index in [-0.39, 0.29) is 23.4 Å². The Morgan fingerprint density at radius 2 is 1.72 bits per heavy atom. The van der Waals surface area contributed by atoms with Crippen LogP contribution in [0.25, 0.3) is 0 Å². The van der Waals surface area contributed by atoms with Crippen molar-refractivity contribution in [2.75, 3.05) is 18.0 Å². The van der Waals surface area contributed by atoms with Crippen LogP contribution in [0.1, 0.15) is 50.8 Å². The van der Waals surface area contributed by atoms with Gasteiger partial charge in [0.15, 0.2) is 5.82 Å². The molecule has 0 bridgehead atoms. The minimum absolute atomic E-state index is 0.0206. The van der Waals surface area contributed by atoms with Crippen LogP contribution in [0.3, 0.4) is 0 Å². The number of hydrogen-bond acceptors (Lipinski definition) is 3. The fourth-order valence-corrected chi connectivity index (χ4v) is 3.61. The van der Waals surface area contributed by atoms with E-state index in [2.05, 4.69) is 73.8 Å². The Morgan fingerprint density at radius 1 is 1.12 bits per heavy atom. The first-order valence-corrected chi connectivity index (χ1v) is 8.95. The molecular formula is C20H28N4O. The fraction of sp³-hybridized carbons (Fsp3) is 0.500. The molecule has 5 nitrogen and oxygen atoms in total. The third kappa shape index (κ3) is 3.55. The van der Waals surface area contributed by atoms with Crippen molar-refractivity contribution < 1.29 is 4.79 Å². The first-order valence-electron chi connectivity index (χ1n) is 8.95. The van der Waals surface area contributed by atoms with Crippen molar-refractivity contribution >= 4 is 11.6 Å². The summed E-state index contributed by atoms with van der Waals surface area (Å²) in [7, 11) is 0. The molecule has 0 aliphatic carbocycles. The number of amides is 1. The van der Waals surface area contributed by atoms with Gasteiger partial charge in [-0.1, -0.05) is 32.9 Å². The van der Waals surface area contributed by atoms with Crippen molar-refractivity contribution in [2.45, 2.75) is 52.1 Å². The number of anilines is 1. The van der Waals surface area contributed by atoms with E-state index >= 15 is 0 Å². The van der Waals surface area contributed by atoms with Crippen molar-refractivity contribution in [2.24, 2.45) is 0 Å². The maximum Gasteiger partial charge on any atom is 0.290 e. The molecule has 0 spiro atoms. The normalized spacial score (nSPS) is 21.5. The Labute approximate surface area is 150 Å². The molecular weight excluding hydrogens is 312 g/mol. The summed E-state index contributed by atoms with van der Waals surface area (Å²) in [5, 5.41) is 0. The average Bonchev–Trinajstić information content (AvgIpc) is 3.08. The molecule has 1 saturated heterocycles. The van der Waals surface area contributed by atoms with Gasteiger partial charge >= 0.3 is 0 Å². The molecule has 0 radical (unpaired) electrons. The van der Waals surface area contributed by atoms with E-state index in [1.165, 1.54) is 11.3 Å². The number of carbonyl (C=O) groups excluding carboxylic acids is 1. The first-order chi connectivity index (χ1) is 11.8. The van der Waals surface area contributed by atoms with E-state index in [1.807, 2.05) is 4.90 Å². The van der Waals surface area contributed by atoms with Crippen LogP contribution < -0.4 is 4.90 Å². The summed E-state index contributed by atoms with van der Waals surface area (Å²) in [6.07, 6.45) is 3.31. The van der Waals surface area contributed by atoms with Crippen molar-refractivity contribution in [1.82, 2.24) is 14.9 Å². The first kappa shape index (κ1) is 17.5. The standard InChI is InChI=1S/C20H28N4O/c1-14-12-23(17-8-6-16(7-9-17)20(3,4)5)13-15(2)24(14)19(25)18-21-10-11-22-18/h6-11,14-15H,12-13H2,1-5H3,(H,21,22)/t14-,15+. The molecule has 1 N–H and O–H groups in total. The van der Waals surface area contributed by atoms with Gasteiger partial charge in [0, 0.05) is 43.3 Å². The van der Waals surface area contributed by atoms with Crippen LogP contribution in [0.4, 0.5) is 5.69 Å². The van der Waals surface area contributed by atoms with Gasteiger partial charge in [-0.3, -0.25) is 4.79 Å². The number of piperazine rings is 1. The molecule has 1 aromatic heterocycles. The monoisotopic (exact) mass is 340 g/mol. The topological polar surface area (TPSA) is 52.2 Å². The summed E-state index contributed by atoms with van der Waals surface area (Å²) in [5.41, 5.74) is 2.72. The molecule has 1 aromatic carbocycles. The van der Waals surface area contributed by atoms with Crippen molar-refractivity contribution in [3.05, 3.63) is 48.0 Å². The summed E-state index contributed by atoms with van der Waals surface area (Å²) >= 11 is 0. The van der Waals surface area contributed by atoms with E-state index in [0.29, 0.717) is 5.82 Å². The summed E-state index contributed by atoms with van der Waals surface area (Å²) in [4.78, 5) is 24.0. The van der Waals surface area contributed by atoms with E-state index in [0.717, 1.165) is 13.1 Å². The minimum Gasteiger partial charge on any atom is -0.367 e. The maximum absolute atomic E-state index is 12.7. The Hall–Kier alpha value is -2.30. The smallest absolute Gasteiger partial charge is 0.290 e. The lowest BCUT2D eigenvalue weighted by molar-refractivity contribution is 0.0563. The molecule has 5 heteroatoms. The van der Waals surface area contributed by atoms with Gasteiger partial charge in [0.25, 0.3) is 5.91 Å². The van der Waals surface area contributed by atoms with E-state index < -0.39 is 0 Å². The highest BCUT2D eigenvalue weighted by Gasteiger charge is 2.34. The van der Waals surface area contributed by atoms with Crippen LogP contribution in [0.2, 0.25) is 0 Å². The molecule has 1 fully saturated rings. The zero-order valence-electron chi connectivity index (χ0n) is 15.8. The number of aromatic nitrogens is 2. The van der Waals surface area contributed by atoms with Gasteiger partial charge in [0.2, 0.25) is 0 Å². The molecule has 2 heterocycles. The lowest BCUT2D eigenvalue weighted by Gasteiger charge is -2.45. The highest BCUT2D eigenvalue weighted by Crippen LogP contribution is 2.27. The fourth-order valence-electron chi connectivity index (χ4n) is 3.61. The zero-order chi connectivity index (χ0) is 18.2. The predicted molar refractivity (Wildman–Crippen MR) is 101 cm³/mol. The molecule has 0 saturated carbocycles. The Bertz CT molecular complexity index is 703. The van der Waals surface area contributed by atoms with Gasteiger partial charge in [-0.2, -0.15) is 0 Å². The number of aromatic amines is 1. The Morgan fingerprint density at radius 3 is 2.20 bits per heavy atom. The van der Waals surface area contributed by atoms with Gasteiger partial charge in [0.1, 0.15) is 0 Å². The number of hydrogen-bond donors (Lipinski definition) is 1. The van der Waals surface area contributed by atoms with Gasteiger partial charge in [-0.05, 0) is 37.0 Å². The molecule has 0 unspecified atom stereocenters.